The fourth-order valence-corrected chi connectivity index (χ4v) is 1.37. The molecule has 0 aromatic carbocycles. The normalized spacial score (nSPS) is 8.89. The van der Waals surface area contributed by atoms with Gasteiger partial charge in [0.2, 0.25) is 0 Å². The van der Waals surface area contributed by atoms with Crippen molar-refractivity contribution < 1.29 is 42.2 Å². The van der Waals surface area contributed by atoms with E-state index in [1.54, 1.807) is 7.11 Å². The Morgan fingerprint density at radius 3 is 2.06 bits per heavy atom. The summed E-state index contributed by atoms with van der Waals surface area (Å²) in [6, 6.07) is 0. The predicted octanol–water partition coefficient (Wildman–Crippen LogP) is 3.17. The first kappa shape index (κ1) is 23.6. The van der Waals surface area contributed by atoms with E-state index in [1.807, 2.05) is 13.8 Å². The van der Waals surface area contributed by atoms with Crippen LogP contribution in [0.3, 0.4) is 0 Å². The molecule has 18 heavy (non-hydrogen) atoms. The van der Waals surface area contributed by atoms with Crippen molar-refractivity contribution in [3.8, 4) is 0 Å². The van der Waals surface area contributed by atoms with Gasteiger partial charge in [-0.2, -0.15) is 0 Å². The fourth-order valence-electron chi connectivity index (χ4n) is 1.37. The summed E-state index contributed by atoms with van der Waals surface area (Å²) in [6.45, 7) is 5.42. The summed E-state index contributed by atoms with van der Waals surface area (Å²) in [4.78, 5) is 10.7. The minimum atomic E-state index is -0.171. The van der Waals surface area contributed by atoms with Crippen molar-refractivity contribution in [2.75, 3.05) is 26.8 Å². The zero-order chi connectivity index (χ0) is 13.4. The third-order valence-corrected chi connectivity index (χ3v) is 2.26. The standard InChI is InChI=1S/C11H23N2O2.C2H6.Y/c1-15-9-7-5-3-2-4-6-8-13-11(14)10-12;1-2;/h12H,2-10H2,1H3,(H,13,14);1-2H3;/q-1;;. The molecule has 0 atom stereocenters. The predicted molar refractivity (Wildman–Crippen MR) is 73.1 cm³/mol. The second-order valence-electron chi connectivity index (χ2n) is 3.64. The molecule has 4 nitrogen and oxygen atoms in total. The van der Waals surface area contributed by atoms with Gasteiger partial charge >= 0.3 is 0 Å². The Bertz CT molecular complexity index is 158. The number of hydrogen-bond donors (Lipinski definition) is 1. The van der Waals surface area contributed by atoms with Gasteiger partial charge in [0.15, 0.2) is 5.91 Å². The summed E-state index contributed by atoms with van der Waals surface area (Å²) in [7, 11) is 1.73. The van der Waals surface area contributed by atoms with E-state index in [0.29, 0.717) is 0 Å². The number of rotatable bonds is 10. The maximum atomic E-state index is 10.7. The zero-order valence-electron chi connectivity index (χ0n) is 12.3. The summed E-state index contributed by atoms with van der Waals surface area (Å²) in [6.07, 6.45) is 7.02. The number of nitrogens with one attached hydrogen (secondary N) is 2. The van der Waals surface area contributed by atoms with Gasteiger partial charge in [0.05, 0.1) is 0 Å². The molecule has 0 fully saturated rings. The number of hydrogen-bond acceptors (Lipinski definition) is 2. The number of carbonyl (C=O) groups excluding carboxylic acids is 1. The molecule has 0 saturated heterocycles. The zero-order valence-corrected chi connectivity index (χ0v) is 15.1. The van der Waals surface area contributed by atoms with Crippen molar-refractivity contribution in [3.63, 3.8) is 0 Å². The molecule has 0 unspecified atom stereocenters. The molecule has 0 bridgehead atoms. The average molecular weight is 334 g/mol. The molecule has 0 aromatic rings. The molecule has 2 N–H and O–H groups in total. The van der Waals surface area contributed by atoms with Gasteiger partial charge in [-0.1, -0.05) is 46.1 Å². The van der Waals surface area contributed by atoms with Gasteiger partial charge in [-0.25, -0.2) is 0 Å². The summed E-state index contributed by atoms with van der Waals surface area (Å²) in [5.74, 6) is -0.171. The Morgan fingerprint density at radius 2 is 1.56 bits per heavy atom. The molecule has 1 radical (unpaired) electrons. The van der Waals surface area contributed by atoms with E-state index in [-0.39, 0.29) is 45.2 Å². The molecular weight excluding hydrogens is 305 g/mol. The van der Waals surface area contributed by atoms with E-state index in [0.717, 1.165) is 32.4 Å². The van der Waals surface area contributed by atoms with E-state index >= 15 is 0 Å². The van der Waals surface area contributed by atoms with Crippen LogP contribution in [0.15, 0.2) is 0 Å². The Balaban J connectivity index is -0.000000709. The molecule has 1 amide bonds. The smallest absolute Gasteiger partial charge is 0.199 e. The van der Waals surface area contributed by atoms with Crippen LogP contribution in [0.5, 0.6) is 0 Å². The monoisotopic (exact) mass is 334 g/mol. The SMILES string of the molecule is CC.COCCCCCCCCNC(=O)C[NH-].[Y]. The van der Waals surface area contributed by atoms with Gasteiger partial charge in [-0.15, -0.1) is 0 Å². The van der Waals surface area contributed by atoms with Crippen molar-refractivity contribution in [3.05, 3.63) is 5.73 Å². The minimum Gasteiger partial charge on any atom is -0.670 e. The molecule has 0 aliphatic heterocycles. The quantitative estimate of drug-likeness (QED) is 0.624. The first-order chi connectivity index (χ1) is 8.31. The van der Waals surface area contributed by atoms with Gasteiger partial charge in [-0.3, -0.25) is 4.79 Å². The van der Waals surface area contributed by atoms with Crippen LogP contribution in [0, 0.1) is 0 Å². The van der Waals surface area contributed by atoms with Crippen molar-refractivity contribution >= 4 is 5.91 Å². The van der Waals surface area contributed by atoms with Gasteiger partial charge < -0.3 is 15.8 Å². The van der Waals surface area contributed by atoms with E-state index < -0.39 is 0 Å². The van der Waals surface area contributed by atoms with Gasteiger partial charge in [0.25, 0.3) is 0 Å². The average Bonchev–Trinajstić information content (AvgIpc) is 2.39. The molecular formula is C13H29N2O2Y-. The largest absolute Gasteiger partial charge is 0.670 e. The minimum absolute atomic E-state index is 0. The van der Waals surface area contributed by atoms with E-state index in [2.05, 4.69) is 5.32 Å². The van der Waals surface area contributed by atoms with Crippen LogP contribution < -0.4 is 5.32 Å². The van der Waals surface area contributed by atoms with Crippen LogP contribution in [0.2, 0.25) is 0 Å². The number of amides is 1. The van der Waals surface area contributed by atoms with Crippen molar-refractivity contribution in [2.45, 2.75) is 52.4 Å². The first-order valence-corrected chi connectivity index (χ1v) is 6.71. The van der Waals surface area contributed by atoms with E-state index in [1.165, 1.54) is 19.3 Å². The second-order valence-corrected chi connectivity index (χ2v) is 3.64. The first-order valence-electron chi connectivity index (χ1n) is 6.71. The Labute approximate surface area is 138 Å². The molecule has 0 spiro atoms. The van der Waals surface area contributed by atoms with E-state index in [9.17, 15) is 4.79 Å². The Hall–Kier alpha value is 0.494. The summed E-state index contributed by atoms with van der Waals surface area (Å²) < 4.78 is 4.96. The Morgan fingerprint density at radius 1 is 1.06 bits per heavy atom. The summed E-state index contributed by atoms with van der Waals surface area (Å²) in [5.41, 5.74) is 6.80. The number of methoxy groups -OCH3 is 1. The van der Waals surface area contributed by atoms with Crippen molar-refractivity contribution in [2.24, 2.45) is 0 Å². The Kier molecular flexibility index (Phi) is 29.7. The summed E-state index contributed by atoms with van der Waals surface area (Å²) >= 11 is 0. The third-order valence-electron chi connectivity index (χ3n) is 2.26. The van der Waals surface area contributed by atoms with Crippen LogP contribution in [0.1, 0.15) is 52.4 Å². The van der Waals surface area contributed by atoms with E-state index in [4.69, 9.17) is 10.5 Å². The van der Waals surface area contributed by atoms with Crippen LogP contribution in [0.25, 0.3) is 5.73 Å². The van der Waals surface area contributed by atoms with Crippen molar-refractivity contribution in [1.82, 2.24) is 5.32 Å². The van der Waals surface area contributed by atoms with Gasteiger partial charge in [-0.05, 0) is 12.8 Å². The molecule has 0 aliphatic rings. The molecule has 0 aromatic heterocycles. The number of unbranched alkanes of at least 4 members (excludes halogenated alkanes) is 5. The molecule has 0 saturated carbocycles. The van der Waals surface area contributed by atoms with Crippen molar-refractivity contribution in [1.29, 1.82) is 0 Å². The second kappa shape index (κ2) is 22.7. The van der Waals surface area contributed by atoms with Crippen LogP contribution >= 0.6 is 0 Å². The summed E-state index contributed by atoms with van der Waals surface area (Å²) in [5, 5.41) is 2.70. The molecule has 0 rings (SSSR count). The topological polar surface area (TPSA) is 62.1 Å². The third kappa shape index (κ3) is 21.7. The van der Waals surface area contributed by atoms with Crippen LogP contribution in [0.4, 0.5) is 0 Å². The molecule has 0 aliphatic carbocycles. The molecule has 107 valence electrons. The van der Waals surface area contributed by atoms with Gasteiger partial charge in [0.1, 0.15) is 0 Å². The van der Waals surface area contributed by atoms with Crippen LogP contribution in [-0.2, 0) is 42.2 Å². The fraction of sp³-hybridized carbons (Fsp3) is 0.923. The number of ether oxygens (including phenoxy) is 1. The molecule has 5 heteroatoms. The van der Waals surface area contributed by atoms with Gasteiger partial charge in [0, 0.05) is 53.0 Å². The molecule has 0 heterocycles. The van der Waals surface area contributed by atoms with Crippen LogP contribution in [-0.4, -0.2) is 32.7 Å². The maximum absolute atomic E-state index is 10.7. The maximum Gasteiger partial charge on any atom is 0.199 e. The number of carbonyl (C=O) groups is 1.